The summed E-state index contributed by atoms with van der Waals surface area (Å²) in [5.74, 6) is 0. The molecule has 9 aromatic rings. The summed E-state index contributed by atoms with van der Waals surface area (Å²) in [6, 6.07) is 78.6. The van der Waals surface area contributed by atoms with Crippen molar-refractivity contribution in [3.05, 3.63) is 235 Å². The molecule has 0 aromatic heterocycles. The van der Waals surface area contributed by atoms with Crippen molar-refractivity contribution in [1.29, 1.82) is 0 Å². The maximum Gasteiger partial charge on any atom is 0.0547 e. The van der Waals surface area contributed by atoms with Gasteiger partial charge in [0.15, 0.2) is 0 Å². The average molecular weight is 782 g/mol. The Morgan fingerprint density at radius 3 is 1.36 bits per heavy atom. The van der Waals surface area contributed by atoms with E-state index in [9.17, 15) is 0 Å². The van der Waals surface area contributed by atoms with Crippen molar-refractivity contribution < 1.29 is 0 Å². The van der Waals surface area contributed by atoms with Crippen molar-refractivity contribution in [2.75, 3.05) is 4.90 Å². The van der Waals surface area contributed by atoms with Crippen LogP contribution in [0.5, 0.6) is 0 Å². The van der Waals surface area contributed by atoms with Crippen molar-refractivity contribution in [3.8, 4) is 66.8 Å². The van der Waals surface area contributed by atoms with Gasteiger partial charge in [0.25, 0.3) is 0 Å². The van der Waals surface area contributed by atoms with E-state index in [0.29, 0.717) is 0 Å². The van der Waals surface area contributed by atoms with E-state index in [2.05, 4.69) is 245 Å². The number of rotatable bonds is 7. The zero-order chi connectivity index (χ0) is 41.3. The molecule has 0 atom stereocenters. The maximum absolute atomic E-state index is 2.60. The molecule has 292 valence electrons. The second-order valence-corrected chi connectivity index (χ2v) is 17.6. The summed E-state index contributed by atoms with van der Waals surface area (Å²) in [5, 5.41) is 0. The number of fused-ring (bicyclic) bond motifs is 6. The molecule has 0 fully saturated rings. The molecule has 9 aromatic carbocycles. The first-order valence-corrected chi connectivity index (χ1v) is 21.5. The standard InChI is InChI=1S/C60H47N/c1-59(2)51-35-17-14-30-49(51)57-52(59)36-21-39-55(57)61(53-37-18-15-28-45(53)48-33-19-32-47-44-27-13-16-34-50(44)60(3,4)58(47)48)54-38-20-31-43(41-24-9-6-10-25-41)56(54)46-29-12-11-26-42(46)40-22-7-5-8-23-40/h5-39H,1-4H3. The number of benzene rings is 9. The van der Waals surface area contributed by atoms with Crippen LogP contribution >= 0.6 is 0 Å². The molecular weight excluding hydrogens is 735 g/mol. The lowest BCUT2D eigenvalue weighted by molar-refractivity contribution is 0.660. The Morgan fingerprint density at radius 2 is 0.672 bits per heavy atom. The van der Waals surface area contributed by atoms with Gasteiger partial charge < -0.3 is 4.90 Å². The second kappa shape index (κ2) is 14.2. The van der Waals surface area contributed by atoms with Crippen molar-refractivity contribution in [1.82, 2.24) is 0 Å². The molecular formula is C60H47N. The summed E-state index contributed by atoms with van der Waals surface area (Å²) >= 11 is 0. The molecule has 0 unspecified atom stereocenters. The number of anilines is 3. The fourth-order valence-corrected chi connectivity index (χ4v) is 10.7. The molecule has 0 aliphatic heterocycles. The molecule has 11 rings (SSSR count). The molecule has 0 saturated heterocycles. The molecule has 0 spiro atoms. The van der Waals surface area contributed by atoms with E-state index in [1.54, 1.807) is 0 Å². The van der Waals surface area contributed by atoms with E-state index in [0.717, 1.165) is 11.4 Å². The Hall–Kier alpha value is -7.22. The molecule has 2 aliphatic rings. The lowest BCUT2D eigenvalue weighted by atomic mass is 9.78. The van der Waals surface area contributed by atoms with Crippen LogP contribution in [0.2, 0.25) is 0 Å². The minimum absolute atomic E-state index is 0.169. The van der Waals surface area contributed by atoms with Gasteiger partial charge in [0, 0.05) is 27.5 Å². The van der Waals surface area contributed by atoms with Gasteiger partial charge in [-0.05, 0) is 90.5 Å². The van der Waals surface area contributed by atoms with Crippen molar-refractivity contribution in [2.24, 2.45) is 0 Å². The molecule has 0 saturated carbocycles. The van der Waals surface area contributed by atoms with Crippen LogP contribution in [0.25, 0.3) is 66.8 Å². The number of nitrogens with zero attached hydrogens (tertiary/aromatic N) is 1. The summed E-state index contributed by atoms with van der Waals surface area (Å²) in [6.45, 7) is 9.55. The predicted molar refractivity (Wildman–Crippen MR) is 258 cm³/mol. The Bertz CT molecular complexity index is 3130. The fourth-order valence-electron chi connectivity index (χ4n) is 10.7. The minimum Gasteiger partial charge on any atom is -0.309 e. The topological polar surface area (TPSA) is 3.24 Å². The van der Waals surface area contributed by atoms with E-state index >= 15 is 0 Å². The largest absolute Gasteiger partial charge is 0.309 e. The van der Waals surface area contributed by atoms with Gasteiger partial charge >= 0.3 is 0 Å². The molecule has 2 aliphatic carbocycles. The SMILES string of the molecule is CC1(C)c2ccccc2-c2c(N(c3ccccc3-c3cccc4c3C(C)(C)c3ccccc3-4)c3cccc(-c4ccccc4)c3-c3ccccc3-c3ccccc3)cccc21. The third-order valence-corrected chi connectivity index (χ3v) is 13.5. The van der Waals surface area contributed by atoms with Gasteiger partial charge in [-0.15, -0.1) is 0 Å². The van der Waals surface area contributed by atoms with Gasteiger partial charge in [0.2, 0.25) is 0 Å². The zero-order valence-electron chi connectivity index (χ0n) is 35.2. The van der Waals surface area contributed by atoms with Crippen molar-refractivity contribution >= 4 is 17.1 Å². The molecule has 0 amide bonds. The van der Waals surface area contributed by atoms with Gasteiger partial charge in [-0.25, -0.2) is 0 Å². The first kappa shape index (κ1) is 36.8. The van der Waals surface area contributed by atoms with Gasteiger partial charge in [0.1, 0.15) is 0 Å². The highest BCUT2D eigenvalue weighted by molar-refractivity contribution is 6.06. The van der Waals surface area contributed by atoms with Crippen molar-refractivity contribution in [3.63, 3.8) is 0 Å². The maximum atomic E-state index is 2.60. The predicted octanol–water partition coefficient (Wildman–Crippen LogP) is 16.4. The van der Waals surface area contributed by atoms with Gasteiger partial charge in [-0.1, -0.05) is 222 Å². The van der Waals surface area contributed by atoms with Crippen LogP contribution in [0.4, 0.5) is 17.1 Å². The number of hydrogen-bond donors (Lipinski definition) is 0. The lowest BCUT2D eigenvalue weighted by Gasteiger charge is -2.34. The van der Waals surface area contributed by atoms with Gasteiger partial charge in [-0.3, -0.25) is 0 Å². The molecule has 1 heteroatoms. The van der Waals surface area contributed by atoms with Crippen LogP contribution in [0.15, 0.2) is 212 Å². The number of hydrogen-bond acceptors (Lipinski definition) is 1. The van der Waals surface area contributed by atoms with E-state index in [-0.39, 0.29) is 10.8 Å². The van der Waals surface area contributed by atoms with E-state index in [4.69, 9.17) is 0 Å². The zero-order valence-corrected chi connectivity index (χ0v) is 35.2. The summed E-state index contributed by atoms with van der Waals surface area (Å²) in [6.07, 6.45) is 0. The summed E-state index contributed by atoms with van der Waals surface area (Å²) in [7, 11) is 0. The van der Waals surface area contributed by atoms with E-state index < -0.39 is 0 Å². The highest BCUT2D eigenvalue weighted by Crippen LogP contribution is 2.58. The van der Waals surface area contributed by atoms with Crippen LogP contribution in [-0.4, -0.2) is 0 Å². The Kier molecular flexibility index (Phi) is 8.58. The van der Waals surface area contributed by atoms with Gasteiger partial charge in [0.05, 0.1) is 17.1 Å². The summed E-state index contributed by atoms with van der Waals surface area (Å²) < 4.78 is 0. The molecule has 0 radical (unpaired) electrons. The summed E-state index contributed by atoms with van der Waals surface area (Å²) in [5.41, 5.74) is 23.4. The highest BCUT2D eigenvalue weighted by Gasteiger charge is 2.40. The molecule has 61 heavy (non-hydrogen) atoms. The van der Waals surface area contributed by atoms with Crippen molar-refractivity contribution in [2.45, 2.75) is 38.5 Å². The first-order chi connectivity index (χ1) is 29.8. The Morgan fingerprint density at radius 1 is 0.262 bits per heavy atom. The lowest BCUT2D eigenvalue weighted by Crippen LogP contribution is -2.18. The quantitative estimate of drug-likeness (QED) is 0.156. The second-order valence-electron chi connectivity index (χ2n) is 17.6. The summed E-state index contributed by atoms with van der Waals surface area (Å²) in [4.78, 5) is 2.60. The Balaban J connectivity index is 1.27. The third-order valence-electron chi connectivity index (χ3n) is 13.5. The van der Waals surface area contributed by atoms with E-state index in [1.807, 2.05) is 0 Å². The molecule has 0 N–H and O–H groups in total. The van der Waals surface area contributed by atoms with Crippen LogP contribution in [0, 0.1) is 0 Å². The Labute approximate surface area is 360 Å². The van der Waals surface area contributed by atoms with Crippen LogP contribution < -0.4 is 4.90 Å². The average Bonchev–Trinajstić information content (AvgIpc) is 3.70. The minimum atomic E-state index is -0.190. The fraction of sp³-hybridized carbons (Fsp3) is 0.100. The third kappa shape index (κ3) is 5.68. The smallest absolute Gasteiger partial charge is 0.0547 e. The molecule has 0 bridgehead atoms. The van der Waals surface area contributed by atoms with Crippen LogP contribution in [-0.2, 0) is 10.8 Å². The van der Waals surface area contributed by atoms with Crippen LogP contribution in [0.3, 0.4) is 0 Å². The highest BCUT2D eigenvalue weighted by atomic mass is 15.2. The number of para-hydroxylation sites is 1. The monoisotopic (exact) mass is 781 g/mol. The van der Waals surface area contributed by atoms with Crippen LogP contribution in [0.1, 0.15) is 49.9 Å². The van der Waals surface area contributed by atoms with E-state index in [1.165, 1.54) is 94.7 Å². The molecule has 1 nitrogen and oxygen atoms in total. The van der Waals surface area contributed by atoms with Gasteiger partial charge in [-0.2, -0.15) is 0 Å². The first-order valence-electron chi connectivity index (χ1n) is 21.5. The molecule has 0 heterocycles. The normalized spacial score (nSPS) is 13.8.